The van der Waals surface area contributed by atoms with Gasteiger partial charge in [0.15, 0.2) is 0 Å². The molecule has 2 heteroatoms. The maximum atomic E-state index is 13.6. The van der Waals surface area contributed by atoms with E-state index < -0.39 is 0 Å². The second kappa shape index (κ2) is 5.12. The molecule has 0 N–H and O–H groups in total. The molecule has 0 aliphatic heterocycles. The lowest BCUT2D eigenvalue weighted by Gasteiger charge is -2.26. The van der Waals surface area contributed by atoms with Gasteiger partial charge in [0.05, 0.1) is 12.0 Å². The molecule has 1 aliphatic carbocycles. The molecule has 1 nitrogen and oxygen atoms in total. The monoisotopic (exact) mass is 217 g/mol. The molecule has 2 rings (SSSR count). The van der Waals surface area contributed by atoms with E-state index in [0.717, 1.165) is 12.8 Å². The quantitative estimate of drug-likeness (QED) is 0.734. The summed E-state index contributed by atoms with van der Waals surface area (Å²) < 4.78 is 13.6. The summed E-state index contributed by atoms with van der Waals surface area (Å²) in [6.45, 7) is 0. The molecule has 1 saturated carbocycles. The van der Waals surface area contributed by atoms with E-state index >= 15 is 0 Å². The highest BCUT2D eigenvalue weighted by Gasteiger charge is 2.26. The van der Waals surface area contributed by atoms with Crippen LogP contribution in [0.5, 0.6) is 0 Å². The van der Waals surface area contributed by atoms with E-state index in [-0.39, 0.29) is 11.7 Å². The first-order valence-corrected chi connectivity index (χ1v) is 5.97. The van der Waals surface area contributed by atoms with Crippen LogP contribution in [-0.2, 0) is 0 Å². The van der Waals surface area contributed by atoms with Gasteiger partial charge in [-0.2, -0.15) is 5.26 Å². The van der Waals surface area contributed by atoms with E-state index in [1.807, 2.05) is 6.07 Å². The predicted molar refractivity (Wildman–Crippen MR) is 61.3 cm³/mol. The third-order valence-electron chi connectivity index (χ3n) is 3.50. The topological polar surface area (TPSA) is 23.8 Å². The van der Waals surface area contributed by atoms with E-state index in [1.54, 1.807) is 12.1 Å². The summed E-state index contributed by atoms with van der Waals surface area (Å²) in [4.78, 5) is 0. The van der Waals surface area contributed by atoms with E-state index in [9.17, 15) is 9.65 Å². The summed E-state index contributed by atoms with van der Waals surface area (Å²) in [5.41, 5.74) is 0.580. The largest absolute Gasteiger partial charge is 0.207 e. The van der Waals surface area contributed by atoms with Crippen LogP contribution in [0.2, 0.25) is 0 Å². The number of nitriles is 1. The molecule has 0 heterocycles. The Morgan fingerprint density at radius 2 is 1.88 bits per heavy atom. The van der Waals surface area contributed by atoms with Crippen LogP contribution in [-0.4, -0.2) is 0 Å². The van der Waals surface area contributed by atoms with Gasteiger partial charge in [0, 0.05) is 5.56 Å². The Morgan fingerprint density at radius 3 is 2.50 bits per heavy atom. The van der Waals surface area contributed by atoms with Crippen molar-refractivity contribution < 1.29 is 4.39 Å². The Hall–Kier alpha value is -1.36. The minimum Gasteiger partial charge on any atom is -0.207 e. The zero-order valence-corrected chi connectivity index (χ0v) is 9.32. The highest BCUT2D eigenvalue weighted by molar-refractivity contribution is 5.27. The van der Waals surface area contributed by atoms with E-state index in [2.05, 4.69) is 6.07 Å². The van der Waals surface area contributed by atoms with Crippen molar-refractivity contribution in [3.05, 3.63) is 35.6 Å². The zero-order valence-electron chi connectivity index (χ0n) is 9.32. The van der Waals surface area contributed by atoms with Gasteiger partial charge in [-0.05, 0) is 24.8 Å². The first-order chi connectivity index (χ1) is 7.83. The van der Waals surface area contributed by atoms with Gasteiger partial charge in [-0.1, -0.05) is 37.5 Å². The van der Waals surface area contributed by atoms with Crippen LogP contribution in [0.1, 0.15) is 43.6 Å². The van der Waals surface area contributed by atoms with E-state index in [0.29, 0.717) is 11.5 Å². The normalized spacial score (nSPS) is 19.0. The van der Waals surface area contributed by atoms with Gasteiger partial charge in [-0.3, -0.25) is 0 Å². The second-order valence-electron chi connectivity index (χ2n) is 4.53. The standard InChI is InChI=1S/C14H16FN/c15-14-9-5-4-8-12(14)13(10-16)11-6-2-1-3-7-11/h4-5,8-9,11,13H,1-3,6-7H2. The summed E-state index contributed by atoms with van der Waals surface area (Å²) in [5, 5.41) is 9.24. The summed E-state index contributed by atoms with van der Waals surface area (Å²) in [6.07, 6.45) is 5.74. The highest BCUT2D eigenvalue weighted by atomic mass is 19.1. The smallest absolute Gasteiger partial charge is 0.127 e. The number of nitrogens with zero attached hydrogens (tertiary/aromatic N) is 1. The van der Waals surface area contributed by atoms with Crippen molar-refractivity contribution in [3.8, 4) is 6.07 Å². The van der Waals surface area contributed by atoms with Crippen molar-refractivity contribution in [2.24, 2.45) is 5.92 Å². The molecule has 0 bridgehead atoms. The van der Waals surface area contributed by atoms with Crippen molar-refractivity contribution in [3.63, 3.8) is 0 Å². The Bertz CT molecular complexity index is 388. The molecule has 0 amide bonds. The molecule has 1 aromatic rings. The molecule has 1 fully saturated rings. The van der Waals surface area contributed by atoms with Crippen LogP contribution in [0, 0.1) is 23.1 Å². The van der Waals surface area contributed by atoms with Crippen LogP contribution in [0.15, 0.2) is 24.3 Å². The third kappa shape index (κ3) is 2.24. The molecule has 0 radical (unpaired) electrons. The summed E-state index contributed by atoms with van der Waals surface area (Å²) in [6, 6.07) is 8.97. The van der Waals surface area contributed by atoms with Crippen LogP contribution in [0.3, 0.4) is 0 Å². The summed E-state index contributed by atoms with van der Waals surface area (Å²) >= 11 is 0. The molecule has 0 aromatic heterocycles. The first-order valence-electron chi connectivity index (χ1n) is 5.97. The van der Waals surface area contributed by atoms with Gasteiger partial charge in [-0.25, -0.2) is 4.39 Å². The zero-order chi connectivity index (χ0) is 11.4. The molecular formula is C14H16FN. The number of hydrogen-bond acceptors (Lipinski definition) is 1. The Balaban J connectivity index is 2.22. The minimum absolute atomic E-state index is 0.236. The molecule has 84 valence electrons. The van der Waals surface area contributed by atoms with Gasteiger partial charge < -0.3 is 0 Å². The van der Waals surface area contributed by atoms with Gasteiger partial charge in [0.2, 0.25) is 0 Å². The fraction of sp³-hybridized carbons (Fsp3) is 0.500. The minimum atomic E-state index is -0.263. The first kappa shape index (κ1) is 11.1. The van der Waals surface area contributed by atoms with Gasteiger partial charge in [0.1, 0.15) is 5.82 Å². The molecule has 1 unspecified atom stereocenters. The Morgan fingerprint density at radius 1 is 1.19 bits per heavy atom. The summed E-state index contributed by atoms with van der Waals surface area (Å²) in [5.74, 6) is -0.156. The van der Waals surface area contributed by atoms with Gasteiger partial charge >= 0.3 is 0 Å². The average Bonchev–Trinajstić information content (AvgIpc) is 2.34. The Kier molecular flexibility index (Phi) is 3.56. The van der Waals surface area contributed by atoms with Crippen LogP contribution < -0.4 is 0 Å². The number of benzene rings is 1. The Labute approximate surface area is 95.9 Å². The van der Waals surface area contributed by atoms with Crippen LogP contribution in [0.25, 0.3) is 0 Å². The van der Waals surface area contributed by atoms with Crippen molar-refractivity contribution in [2.45, 2.75) is 38.0 Å². The lowest BCUT2D eigenvalue weighted by Crippen LogP contribution is -2.16. The second-order valence-corrected chi connectivity index (χ2v) is 4.53. The molecule has 1 aliphatic rings. The van der Waals surface area contributed by atoms with Crippen molar-refractivity contribution >= 4 is 0 Å². The molecule has 16 heavy (non-hydrogen) atoms. The molecule has 1 aromatic carbocycles. The van der Waals surface area contributed by atoms with Gasteiger partial charge in [-0.15, -0.1) is 0 Å². The van der Waals surface area contributed by atoms with Crippen molar-refractivity contribution in [1.29, 1.82) is 5.26 Å². The van der Waals surface area contributed by atoms with Gasteiger partial charge in [0.25, 0.3) is 0 Å². The molecule has 0 spiro atoms. The molecule has 0 saturated heterocycles. The number of hydrogen-bond donors (Lipinski definition) is 0. The fourth-order valence-corrected chi connectivity index (χ4v) is 2.62. The lowest BCUT2D eigenvalue weighted by atomic mass is 9.77. The third-order valence-corrected chi connectivity index (χ3v) is 3.50. The number of rotatable bonds is 2. The highest BCUT2D eigenvalue weighted by Crippen LogP contribution is 2.36. The molecular weight excluding hydrogens is 201 g/mol. The van der Waals surface area contributed by atoms with Crippen LogP contribution >= 0.6 is 0 Å². The molecule has 1 atom stereocenters. The SMILES string of the molecule is N#CC(c1ccccc1F)C1CCCCC1. The average molecular weight is 217 g/mol. The fourth-order valence-electron chi connectivity index (χ4n) is 2.62. The maximum absolute atomic E-state index is 13.6. The predicted octanol–water partition coefficient (Wildman–Crippen LogP) is 4.01. The maximum Gasteiger partial charge on any atom is 0.127 e. The van der Waals surface area contributed by atoms with E-state index in [1.165, 1.54) is 25.3 Å². The lowest BCUT2D eigenvalue weighted by molar-refractivity contribution is 0.331. The van der Waals surface area contributed by atoms with Crippen LogP contribution in [0.4, 0.5) is 4.39 Å². The summed E-state index contributed by atoms with van der Waals surface area (Å²) in [7, 11) is 0. The van der Waals surface area contributed by atoms with E-state index in [4.69, 9.17) is 0 Å². The number of halogens is 1. The van der Waals surface area contributed by atoms with Crippen molar-refractivity contribution in [2.75, 3.05) is 0 Å². The van der Waals surface area contributed by atoms with Crippen molar-refractivity contribution in [1.82, 2.24) is 0 Å².